The van der Waals surface area contributed by atoms with Crippen LogP contribution in [0.25, 0.3) is 0 Å². The molecule has 0 saturated heterocycles. The van der Waals surface area contributed by atoms with Crippen LogP contribution in [0.1, 0.15) is 36.7 Å². The zero-order valence-electron chi connectivity index (χ0n) is 9.53. The molecule has 1 atom stereocenters. The summed E-state index contributed by atoms with van der Waals surface area (Å²) in [6.07, 6.45) is 1.53. The van der Waals surface area contributed by atoms with E-state index in [4.69, 9.17) is 5.26 Å². The Labute approximate surface area is 91.5 Å². The molecule has 0 radical (unpaired) electrons. The second kappa shape index (κ2) is 7.75. The van der Waals surface area contributed by atoms with Crippen molar-refractivity contribution >= 4 is 6.29 Å². The van der Waals surface area contributed by atoms with E-state index in [9.17, 15) is 4.79 Å². The second-order valence-electron chi connectivity index (χ2n) is 3.10. The van der Waals surface area contributed by atoms with E-state index in [1.54, 1.807) is 6.07 Å². The van der Waals surface area contributed by atoms with Gasteiger partial charge in [-0.3, -0.25) is 4.79 Å². The van der Waals surface area contributed by atoms with E-state index in [1.165, 1.54) is 0 Å². The zero-order chi connectivity index (χ0) is 11.7. The monoisotopic (exact) mass is 203 g/mol. The summed E-state index contributed by atoms with van der Waals surface area (Å²) in [6.45, 7) is 5.87. The topological polar surface area (TPSA) is 40.9 Å². The molecule has 2 nitrogen and oxygen atoms in total. The van der Waals surface area contributed by atoms with Gasteiger partial charge in [-0.05, 0) is 25.0 Å². The third-order valence-electron chi connectivity index (χ3n) is 1.85. The summed E-state index contributed by atoms with van der Waals surface area (Å²) in [5, 5.41) is 8.60. The van der Waals surface area contributed by atoms with Crippen molar-refractivity contribution in [3.05, 3.63) is 35.4 Å². The van der Waals surface area contributed by atoms with Gasteiger partial charge >= 0.3 is 0 Å². The van der Waals surface area contributed by atoms with Crippen molar-refractivity contribution in [2.24, 2.45) is 5.92 Å². The van der Waals surface area contributed by atoms with Gasteiger partial charge in [-0.2, -0.15) is 5.26 Å². The second-order valence-corrected chi connectivity index (χ2v) is 3.10. The minimum Gasteiger partial charge on any atom is -0.298 e. The van der Waals surface area contributed by atoms with Gasteiger partial charge in [0, 0.05) is 11.5 Å². The first-order chi connectivity index (χ1) is 7.26. The van der Waals surface area contributed by atoms with Crippen LogP contribution in [-0.2, 0) is 6.42 Å². The minimum absolute atomic E-state index is 0.00176. The molecular weight excluding hydrogens is 186 g/mol. The molecule has 80 valence electrons. The summed E-state index contributed by atoms with van der Waals surface area (Å²) in [6, 6.07) is 9.51. The Morgan fingerprint density at radius 1 is 1.47 bits per heavy atom. The highest BCUT2D eigenvalue weighted by Gasteiger charge is 2.01. The highest BCUT2D eigenvalue weighted by Crippen LogP contribution is 2.09. The van der Waals surface area contributed by atoms with Gasteiger partial charge in [0.2, 0.25) is 0 Å². The molecule has 15 heavy (non-hydrogen) atoms. The van der Waals surface area contributed by atoms with E-state index in [-0.39, 0.29) is 5.92 Å². The van der Waals surface area contributed by atoms with Crippen molar-refractivity contribution < 1.29 is 4.79 Å². The number of carbonyl (C=O) groups is 1. The van der Waals surface area contributed by atoms with Crippen molar-refractivity contribution in [2.75, 3.05) is 0 Å². The lowest BCUT2D eigenvalue weighted by Gasteiger charge is -2.02. The lowest BCUT2D eigenvalue weighted by molar-refractivity contribution is 0.112. The molecule has 0 saturated carbocycles. The molecule has 0 aliphatic rings. The van der Waals surface area contributed by atoms with Crippen LogP contribution in [0.15, 0.2) is 24.3 Å². The van der Waals surface area contributed by atoms with Gasteiger partial charge < -0.3 is 0 Å². The molecule has 0 amide bonds. The maximum atomic E-state index is 10.4. The molecular formula is C13H17NO. The molecule has 0 bridgehead atoms. The van der Waals surface area contributed by atoms with E-state index in [1.807, 2.05) is 39.0 Å². The Kier molecular flexibility index (Phi) is 6.92. The largest absolute Gasteiger partial charge is 0.298 e. The normalized spacial score (nSPS) is 10.5. The van der Waals surface area contributed by atoms with Crippen LogP contribution in [-0.4, -0.2) is 6.29 Å². The summed E-state index contributed by atoms with van der Waals surface area (Å²) < 4.78 is 0. The fourth-order valence-corrected chi connectivity index (χ4v) is 1.19. The van der Waals surface area contributed by atoms with Gasteiger partial charge in [0.05, 0.1) is 6.07 Å². The van der Waals surface area contributed by atoms with E-state index in [0.29, 0.717) is 12.0 Å². The molecule has 0 aliphatic carbocycles. The lowest BCUT2D eigenvalue weighted by atomic mass is 10.0. The highest BCUT2D eigenvalue weighted by molar-refractivity contribution is 5.74. The smallest absolute Gasteiger partial charge is 0.150 e. The number of rotatable bonds is 3. The van der Waals surface area contributed by atoms with Crippen LogP contribution in [0.4, 0.5) is 0 Å². The van der Waals surface area contributed by atoms with Crippen molar-refractivity contribution in [1.82, 2.24) is 0 Å². The molecule has 0 N–H and O–H groups in total. The lowest BCUT2D eigenvalue weighted by Crippen LogP contribution is -1.96. The van der Waals surface area contributed by atoms with Crippen molar-refractivity contribution in [2.45, 2.75) is 27.2 Å². The number of nitriles is 1. The van der Waals surface area contributed by atoms with E-state index in [0.717, 1.165) is 11.8 Å². The third kappa shape index (κ3) is 4.97. The van der Waals surface area contributed by atoms with Crippen LogP contribution in [0.2, 0.25) is 0 Å². The van der Waals surface area contributed by atoms with Gasteiger partial charge in [-0.15, -0.1) is 0 Å². The Morgan fingerprint density at radius 2 is 2.13 bits per heavy atom. The van der Waals surface area contributed by atoms with Crippen molar-refractivity contribution in [3.63, 3.8) is 0 Å². The van der Waals surface area contributed by atoms with Crippen LogP contribution >= 0.6 is 0 Å². The Bertz CT molecular complexity index is 339. The zero-order valence-corrected chi connectivity index (χ0v) is 9.53. The standard InChI is InChI=1S/C11H11NO.C2H6/c1-9(7-12)5-10-3-2-4-11(6-10)8-13;1-2/h2-4,6,8-9H,5H2,1H3;1-2H3. The average molecular weight is 203 g/mol. The third-order valence-corrected chi connectivity index (χ3v) is 1.85. The Balaban J connectivity index is 0.000000921. The van der Waals surface area contributed by atoms with E-state index in [2.05, 4.69) is 6.07 Å². The van der Waals surface area contributed by atoms with Crippen LogP contribution < -0.4 is 0 Å². The summed E-state index contributed by atoms with van der Waals surface area (Å²) in [7, 11) is 0. The molecule has 0 heterocycles. The number of carbonyl (C=O) groups excluding carboxylic acids is 1. The summed E-state index contributed by atoms with van der Waals surface area (Å²) in [5.74, 6) is 0.00176. The first-order valence-electron chi connectivity index (χ1n) is 5.20. The molecule has 1 aromatic rings. The van der Waals surface area contributed by atoms with Crippen LogP contribution in [0.5, 0.6) is 0 Å². The predicted molar refractivity (Wildman–Crippen MR) is 61.7 cm³/mol. The fraction of sp³-hybridized carbons (Fsp3) is 0.385. The van der Waals surface area contributed by atoms with Gasteiger partial charge in [0.25, 0.3) is 0 Å². The first kappa shape index (κ1) is 13.4. The molecule has 0 aliphatic heterocycles. The SMILES string of the molecule is CC.CC(C#N)Cc1cccc(C=O)c1. The molecule has 2 heteroatoms. The van der Waals surface area contributed by atoms with Gasteiger partial charge in [-0.1, -0.05) is 32.0 Å². The molecule has 1 unspecified atom stereocenters. The van der Waals surface area contributed by atoms with Crippen molar-refractivity contribution in [3.8, 4) is 6.07 Å². The van der Waals surface area contributed by atoms with E-state index >= 15 is 0 Å². The van der Waals surface area contributed by atoms with Crippen LogP contribution in [0.3, 0.4) is 0 Å². The van der Waals surface area contributed by atoms with E-state index < -0.39 is 0 Å². The van der Waals surface area contributed by atoms with Gasteiger partial charge in [0.1, 0.15) is 6.29 Å². The maximum absolute atomic E-state index is 10.4. The number of hydrogen-bond donors (Lipinski definition) is 0. The molecule has 0 spiro atoms. The van der Waals surface area contributed by atoms with Gasteiger partial charge in [-0.25, -0.2) is 0 Å². The van der Waals surface area contributed by atoms with Crippen molar-refractivity contribution in [1.29, 1.82) is 5.26 Å². The quantitative estimate of drug-likeness (QED) is 0.708. The summed E-state index contributed by atoms with van der Waals surface area (Å²) >= 11 is 0. The highest BCUT2D eigenvalue weighted by atomic mass is 16.1. The predicted octanol–water partition coefficient (Wildman–Crippen LogP) is 3.23. The Morgan fingerprint density at radius 3 is 2.67 bits per heavy atom. The number of nitrogens with zero attached hydrogens (tertiary/aromatic N) is 1. The number of aldehydes is 1. The number of hydrogen-bond acceptors (Lipinski definition) is 2. The first-order valence-corrected chi connectivity index (χ1v) is 5.20. The molecule has 0 aromatic heterocycles. The average Bonchev–Trinajstić information content (AvgIpc) is 2.31. The summed E-state index contributed by atoms with van der Waals surface area (Å²) in [4.78, 5) is 10.4. The molecule has 1 aromatic carbocycles. The molecule has 0 fully saturated rings. The maximum Gasteiger partial charge on any atom is 0.150 e. The molecule has 1 rings (SSSR count). The Hall–Kier alpha value is -1.62. The van der Waals surface area contributed by atoms with Gasteiger partial charge in [0.15, 0.2) is 0 Å². The number of benzene rings is 1. The minimum atomic E-state index is 0.00176. The summed E-state index contributed by atoms with van der Waals surface area (Å²) in [5.41, 5.74) is 1.71. The van der Waals surface area contributed by atoms with Crippen LogP contribution in [0, 0.1) is 17.2 Å². The fourth-order valence-electron chi connectivity index (χ4n) is 1.19.